The molecule has 3 aromatic rings. The van der Waals surface area contributed by atoms with Crippen LogP contribution in [0.2, 0.25) is 0 Å². The quantitative estimate of drug-likeness (QED) is 0.639. The van der Waals surface area contributed by atoms with Gasteiger partial charge in [-0.1, -0.05) is 30.3 Å². The predicted octanol–water partition coefficient (Wildman–Crippen LogP) is 2.62. The summed E-state index contributed by atoms with van der Waals surface area (Å²) in [5.41, 5.74) is 1.79. The van der Waals surface area contributed by atoms with Crippen LogP contribution >= 0.6 is 0 Å². The Balaban J connectivity index is 1.69. The lowest BCUT2D eigenvalue weighted by atomic mass is 10.1. The van der Waals surface area contributed by atoms with E-state index in [1.165, 1.54) is 0 Å². The van der Waals surface area contributed by atoms with E-state index in [0.717, 1.165) is 11.1 Å². The van der Waals surface area contributed by atoms with Crippen LogP contribution in [0.15, 0.2) is 46.9 Å². The third-order valence-corrected chi connectivity index (χ3v) is 4.04. The van der Waals surface area contributed by atoms with Gasteiger partial charge < -0.3 is 23.9 Å². The van der Waals surface area contributed by atoms with E-state index >= 15 is 0 Å². The number of hydrogen-bond donors (Lipinski definition) is 1. The van der Waals surface area contributed by atoms with Gasteiger partial charge in [0, 0.05) is 6.54 Å². The van der Waals surface area contributed by atoms with Crippen molar-refractivity contribution >= 4 is 5.91 Å². The van der Waals surface area contributed by atoms with E-state index in [1.54, 1.807) is 33.5 Å². The number of hydrogen-bond acceptors (Lipinski definition) is 7. The summed E-state index contributed by atoms with van der Waals surface area (Å²) in [5.74, 6) is 1.35. The number of amides is 1. The fourth-order valence-electron chi connectivity index (χ4n) is 2.68. The lowest BCUT2D eigenvalue weighted by molar-refractivity contribution is 0.0914. The molecular weight excluding hydrogens is 362 g/mol. The van der Waals surface area contributed by atoms with E-state index in [-0.39, 0.29) is 5.89 Å². The molecule has 8 nitrogen and oxygen atoms in total. The van der Waals surface area contributed by atoms with Crippen LogP contribution in [0.4, 0.5) is 0 Å². The third kappa shape index (κ3) is 4.40. The van der Waals surface area contributed by atoms with E-state index in [1.807, 2.05) is 30.3 Å². The maximum Gasteiger partial charge on any atom is 0.309 e. The summed E-state index contributed by atoms with van der Waals surface area (Å²) >= 11 is 0. The molecule has 2 aromatic carbocycles. The second-order valence-electron chi connectivity index (χ2n) is 5.88. The van der Waals surface area contributed by atoms with Gasteiger partial charge in [0.2, 0.25) is 11.6 Å². The molecule has 0 unspecified atom stereocenters. The molecule has 1 aromatic heterocycles. The summed E-state index contributed by atoms with van der Waals surface area (Å²) in [6.45, 7) is 0.379. The molecule has 0 fully saturated rings. The Morgan fingerprint density at radius 2 is 1.64 bits per heavy atom. The zero-order valence-corrected chi connectivity index (χ0v) is 15.9. The van der Waals surface area contributed by atoms with Crippen LogP contribution in [0.25, 0.3) is 0 Å². The van der Waals surface area contributed by atoms with Crippen molar-refractivity contribution in [2.75, 3.05) is 21.3 Å². The molecule has 0 radical (unpaired) electrons. The number of nitrogens with zero attached hydrogens (tertiary/aromatic N) is 2. The Hall–Kier alpha value is -3.55. The van der Waals surface area contributed by atoms with Crippen LogP contribution in [0.5, 0.6) is 17.2 Å². The Morgan fingerprint density at radius 1 is 0.964 bits per heavy atom. The normalized spacial score (nSPS) is 10.4. The van der Waals surface area contributed by atoms with Gasteiger partial charge in [-0.2, -0.15) is 0 Å². The molecule has 0 aliphatic heterocycles. The largest absolute Gasteiger partial charge is 0.493 e. The molecule has 1 amide bonds. The summed E-state index contributed by atoms with van der Waals surface area (Å²) in [4.78, 5) is 12.2. The van der Waals surface area contributed by atoms with E-state index in [2.05, 4.69) is 15.5 Å². The minimum Gasteiger partial charge on any atom is -0.493 e. The molecule has 146 valence electrons. The van der Waals surface area contributed by atoms with Crippen molar-refractivity contribution in [3.05, 3.63) is 65.4 Å². The van der Waals surface area contributed by atoms with Crippen LogP contribution in [0, 0.1) is 0 Å². The molecule has 3 rings (SSSR count). The number of carbonyl (C=O) groups is 1. The first-order chi connectivity index (χ1) is 13.6. The fourth-order valence-corrected chi connectivity index (χ4v) is 2.68. The first-order valence-electron chi connectivity index (χ1n) is 8.58. The van der Waals surface area contributed by atoms with Gasteiger partial charge in [0.05, 0.1) is 27.8 Å². The van der Waals surface area contributed by atoms with Crippen molar-refractivity contribution in [1.29, 1.82) is 0 Å². The Labute approximate surface area is 162 Å². The number of methoxy groups -OCH3 is 3. The van der Waals surface area contributed by atoms with E-state index in [4.69, 9.17) is 18.6 Å². The van der Waals surface area contributed by atoms with Crippen LogP contribution in [-0.2, 0) is 13.0 Å². The summed E-state index contributed by atoms with van der Waals surface area (Å²) in [5, 5.41) is 10.5. The van der Waals surface area contributed by atoms with Crippen molar-refractivity contribution in [2.24, 2.45) is 0 Å². The second-order valence-corrected chi connectivity index (χ2v) is 5.88. The topological polar surface area (TPSA) is 95.7 Å². The number of aromatic nitrogens is 2. The molecular formula is C20H21N3O5. The molecule has 0 atom stereocenters. The fraction of sp³-hybridized carbons (Fsp3) is 0.250. The van der Waals surface area contributed by atoms with E-state index in [9.17, 15) is 4.79 Å². The molecule has 0 bridgehead atoms. The smallest absolute Gasteiger partial charge is 0.309 e. The van der Waals surface area contributed by atoms with Crippen molar-refractivity contribution in [2.45, 2.75) is 13.0 Å². The standard InChI is InChI=1S/C20H21N3O5/c1-25-15-9-14(10-16(26-2)18(15)27-3)11-17-22-23-20(28-17)19(24)21-12-13-7-5-4-6-8-13/h4-10H,11-12H2,1-3H3,(H,21,24). The predicted molar refractivity (Wildman–Crippen MR) is 101 cm³/mol. The van der Waals surface area contributed by atoms with Gasteiger partial charge in [-0.25, -0.2) is 0 Å². The monoisotopic (exact) mass is 383 g/mol. The molecule has 8 heteroatoms. The van der Waals surface area contributed by atoms with Gasteiger partial charge in [-0.05, 0) is 23.3 Å². The Morgan fingerprint density at radius 3 is 2.25 bits per heavy atom. The van der Waals surface area contributed by atoms with Gasteiger partial charge in [0.25, 0.3) is 0 Å². The lowest BCUT2D eigenvalue weighted by Gasteiger charge is -2.13. The van der Waals surface area contributed by atoms with Gasteiger partial charge in [0.15, 0.2) is 11.5 Å². The first-order valence-corrected chi connectivity index (χ1v) is 8.58. The molecule has 0 saturated heterocycles. The molecule has 1 N–H and O–H groups in total. The molecule has 28 heavy (non-hydrogen) atoms. The third-order valence-electron chi connectivity index (χ3n) is 4.04. The highest BCUT2D eigenvalue weighted by Crippen LogP contribution is 2.38. The van der Waals surface area contributed by atoms with Crippen molar-refractivity contribution < 1.29 is 23.4 Å². The minimum absolute atomic E-state index is 0.0848. The van der Waals surface area contributed by atoms with Gasteiger partial charge in [0.1, 0.15) is 0 Å². The highest BCUT2D eigenvalue weighted by atomic mass is 16.5. The number of nitrogens with one attached hydrogen (secondary N) is 1. The number of carbonyl (C=O) groups excluding carboxylic acids is 1. The van der Waals surface area contributed by atoms with Crippen molar-refractivity contribution in [1.82, 2.24) is 15.5 Å². The van der Waals surface area contributed by atoms with Gasteiger partial charge >= 0.3 is 11.8 Å². The maximum atomic E-state index is 12.2. The minimum atomic E-state index is -0.424. The Kier molecular flexibility index (Phi) is 6.11. The molecule has 0 spiro atoms. The van der Waals surface area contributed by atoms with Crippen LogP contribution in [0.3, 0.4) is 0 Å². The number of rotatable bonds is 8. The summed E-state index contributed by atoms with van der Waals surface area (Å²) < 4.78 is 21.5. The zero-order chi connectivity index (χ0) is 19.9. The first kappa shape index (κ1) is 19.2. The SMILES string of the molecule is COc1cc(Cc2nnc(C(=O)NCc3ccccc3)o2)cc(OC)c1OC. The molecule has 1 heterocycles. The van der Waals surface area contributed by atoms with Crippen LogP contribution in [0.1, 0.15) is 27.7 Å². The van der Waals surface area contributed by atoms with Gasteiger partial charge in [-0.15, -0.1) is 10.2 Å². The average Bonchev–Trinajstić information content (AvgIpc) is 3.20. The second kappa shape index (κ2) is 8.90. The van der Waals surface area contributed by atoms with Crippen LogP contribution < -0.4 is 19.5 Å². The Bertz CT molecular complexity index is 915. The summed E-state index contributed by atoms with van der Waals surface area (Å²) in [6.07, 6.45) is 0.315. The molecule has 0 aliphatic rings. The number of benzene rings is 2. The van der Waals surface area contributed by atoms with E-state index < -0.39 is 5.91 Å². The average molecular weight is 383 g/mol. The maximum absolute atomic E-state index is 12.2. The highest BCUT2D eigenvalue weighted by molar-refractivity contribution is 5.89. The van der Waals surface area contributed by atoms with E-state index in [0.29, 0.717) is 36.1 Å². The van der Waals surface area contributed by atoms with Crippen molar-refractivity contribution in [3.8, 4) is 17.2 Å². The number of ether oxygens (including phenoxy) is 3. The van der Waals surface area contributed by atoms with Crippen molar-refractivity contribution in [3.63, 3.8) is 0 Å². The molecule has 0 saturated carbocycles. The van der Waals surface area contributed by atoms with Crippen LogP contribution in [-0.4, -0.2) is 37.4 Å². The highest BCUT2D eigenvalue weighted by Gasteiger charge is 2.17. The lowest BCUT2D eigenvalue weighted by Crippen LogP contribution is -2.23. The zero-order valence-electron chi connectivity index (χ0n) is 15.9. The summed E-state index contributed by atoms with van der Waals surface area (Å²) in [6, 6.07) is 13.2. The summed E-state index contributed by atoms with van der Waals surface area (Å²) in [7, 11) is 4.63. The molecule has 0 aliphatic carbocycles. The van der Waals surface area contributed by atoms with Gasteiger partial charge in [-0.3, -0.25) is 4.79 Å².